The SMILES string of the molecule is Cc1oc(C(=O)O)cc1S(=O)(=O)NC1CCOC1. The van der Waals surface area contributed by atoms with Crippen LogP contribution in [0.3, 0.4) is 0 Å². The van der Waals surface area contributed by atoms with E-state index in [4.69, 9.17) is 14.3 Å². The fourth-order valence-electron chi connectivity index (χ4n) is 1.75. The van der Waals surface area contributed by atoms with E-state index in [0.717, 1.165) is 6.07 Å². The van der Waals surface area contributed by atoms with Crippen LogP contribution in [0.5, 0.6) is 0 Å². The van der Waals surface area contributed by atoms with E-state index in [1.165, 1.54) is 6.92 Å². The maximum Gasteiger partial charge on any atom is 0.371 e. The molecule has 1 fully saturated rings. The minimum atomic E-state index is -3.77. The highest BCUT2D eigenvalue weighted by Gasteiger charge is 2.28. The Kier molecular flexibility index (Phi) is 3.42. The highest BCUT2D eigenvalue weighted by atomic mass is 32.2. The monoisotopic (exact) mass is 275 g/mol. The molecule has 2 rings (SSSR count). The van der Waals surface area contributed by atoms with Crippen LogP contribution in [0.15, 0.2) is 15.4 Å². The third-order valence-corrected chi connectivity index (χ3v) is 4.25. The van der Waals surface area contributed by atoms with E-state index in [1.807, 2.05) is 0 Å². The molecular weight excluding hydrogens is 262 g/mol. The molecule has 2 heterocycles. The summed E-state index contributed by atoms with van der Waals surface area (Å²) in [4.78, 5) is 10.6. The van der Waals surface area contributed by atoms with Crippen molar-refractivity contribution in [2.75, 3.05) is 13.2 Å². The van der Waals surface area contributed by atoms with Gasteiger partial charge in [-0.05, 0) is 13.3 Å². The van der Waals surface area contributed by atoms with E-state index in [1.54, 1.807) is 0 Å². The Morgan fingerprint density at radius 1 is 1.56 bits per heavy atom. The lowest BCUT2D eigenvalue weighted by Crippen LogP contribution is -2.35. The molecule has 100 valence electrons. The van der Waals surface area contributed by atoms with Crippen LogP contribution in [0.2, 0.25) is 0 Å². The van der Waals surface area contributed by atoms with Gasteiger partial charge in [-0.25, -0.2) is 17.9 Å². The average molecular weight is 275 g/mol. The number of carbonyl (C=O) groups is 1. The van der Waals surface area contributed by atoms with E-state index in [9.17, 15) is 13.2 Å². The van der Waals surface area contributed by atoms with Gasteiger partial charge in [-0.2, -0.15) is 0 Å². The van der Waals surface area contributed by atoms with Gasteiger partial charge in [0.25, 0.3) is 0 Å². The van der Waals surface area contributed by atoms with E-state index < -0.39 is 21.8 Å². The lowest BCUT2D eigenvalue weighted by Gasteiger charge is -2.10. The van der Waals surface area contributed by atoms with Gasteiger partial charge >= 0.3 is 5.97 Å². The average Bonchev–Trinajstić information content (AvgIpc) is 2.86. The summed E-state index contributed by atoms with van der Waals surface area (Å²) in [5, 5.41) is 8.74. The van der Waals surface area contributed by atoms with E-state index in [-0.39, 0.29) is 16.7 Å². The van der Waals surface area contributed by atoms with Crippen molar-refractivity contribution in [2.45, 2.75) is 24.3 Å². The molecule has 8 heteroatoms. The Bertz CT molecular complexity index is 555. The van der Waals surface area contributed by atoms with E-state index >= 15 is 0 Å². The molecule has 7 nitrogen and oxygen atoms in total. The van der Waals surface area contributed by atoms with Crippen molar-refractivity contribution >= 4 is 16.0 Å². The second-order valence-electron chi connectivity index (χ2n) is 4.02. The molecule has 2 N–H and O–H groups in total. The molecular formula is C10H13NO6S. The van der Waals surface area contributed by atoms with E-state index in [0.29, 0.717) is 19.6 Å². The summed E-state index contributed by atoms with van der Waals surface area (Å²) in [6, 6.07) is 0.730. The van der Waals surface area contributed by atoms with Gasteiger partial charge in [0, 0.05) is 18.7 Å². The molecule has 0 aliphatic carbocycles. The predicted octanol–water partition coefficient (Wildman–Crippen LogP) is 0.353. The zero-order valence-electron chi connectivity index (χ0n) is 9.67. The number of sulfonamides is 1. The van der Waals surface area contributed by atoms with Gasteiger partial charge in [0.15, 0.2) is 0 Å². The lowest BCUT2D eigenvalue weighted by molar-refractivity contribution is 0.0661. The third-order valence-electron chi connectivity index (χ3n) is 2.62. The molecule has 1 aromatic heterocycles. The zero-order chi connectivity index (χ0) is 13.3. The second kappa shape index (κ2) is 4.71. The molecule has 0 aromatic carbocycles. The summed E-state index contributed by atoms with van der Waals surface area (Å²) in [5.74, 6) is -1.64. The number of aromatic carboxylic acids is 1. The molecule has 1 atom stereocenters. The number of nitrogens with one attached hydrogen (secondary N) is 1. The van der Waals surface area contributed by atoms with Gasteiger partial charge in [0.1, 0.15) is 10.7 Å². The molecule has 0 bridgehead atoms. The van der Waals surface area contributed by atoms with Crippen LogP contribution in [0.1, 0.15) is 22.7 Å². The lowest BCUT2D eigenvalue weighted by atomic mass is 10.3. The topological polar surface area (TPSA) is 106 Å². The van der Waals surface area contributed by atoms with Crippen LogP contribution in [0.25, 0.3) is 0 Å². The summed E-state index contributed by atoms with van der Waals surface area (Å²) in [6.45, 7) is 2.24. The summed E-state index contributed by atoms with van der Waals surface area (Å²) < 4.78 is 36.5. The Balaban J connectivity index is 2.26. The minimum Gasteiger partial charge on any atom is -0.475 e. The number of carboxylic acids is 1. The van der Waals surface area contributed by atoms with Gasteiger partial charge in [-0.15, -0.1) is 0 Å². The first kappa shape index (κ1) is 13.1. The number of furan rings is 1. The van der Waals surface area contributed by atoms with Crippen LogP contribution >= 0.6 is 0 Å². The third kappa shape index (κ3) is 2.55. The van der Waals surface area contributed by atoms with Crippen LogP contribution in [-0.4, -0.2) is 38.7 Å². The molecule has 0 amide bonds. The summed E-state index contributed by atoms with van der Waals surface area (Å²) in [5.41, 5.74) is 0. The number of hydrogen-bond donors (Lipinski definition) is 2. The molecule has 0 radical (unpaired) electrons. The standard InChI is InChI=1S/C10H13NO6S/c1-6-9(4-8(17-6)10(12)13)18(14,15)11-7-2-3-16-5-7/h4,7,11H,2-3,5H2,1H3,(H,12,13). The summed E-state index contributed by atoms with van der Waals surface area (Å²) in [7, 11) is -3.77. The highest BCUT2D eigenvalue weighted by Crippen LogP contribution is 2.21. The Labute approximate surface area is 104 Å². The van der Waals surface area contributed by atoms with Crippen LogP contribution in [0.4, 0.5) is 0 Å². The van der Waals surface area contributed by atoms with Gasteiger partial charge in [0.05, 0.1) is 6.61 Å². The molecule has 18 heavy (non-hydrogen) atoms. The maximum atomic E-state index is 12.0. The molecule has 1 aliphatic heterocycles. The first-order valence-corrected chi connectivity index (χ1v) is 6.82. The van der Waals surface area contributed by atoms with Crippen LogP contribution in [0, 0.1) is 6.92 Å². The number of aryl methyl sites for hydroxylation is 1. The number of ether oxygens (including phenoxy) is 1. The molecule has 1 saturated heterocycles. The summed E-state index contributed by atoms with van der Waals surface area (Å²) >= 11 is 0. The zero-order valence-corrected chi connectivity index (χ0v) is 10.5. The Morgan fingerprint density at radius 2 is 2.28 bits per heavy atom. The number of rotatable bonds is 4. The Hall–Kier alpha value is -1.38. The normalized spacial score (nSPS) is 20.2. The number of carboxylic acid groups (broad SMARTS) is 1. The molecule has 1 aliphatic rings. The van der Waals surface area contributed by atoms with Crippen molar-refractivity contribution in [1.29, 1.82) is 0 Å². The first-order chi connectivity index (χ1) is 8.40. The van der Waals surface area contributed by atoms with Crippen molar-refractivity contribution in [3.63, 3.8) is 0 Å². The fraction of sp³-hybridized carbons (Fsp3) is 0.500. The number of hydrogen-bond acceptors (Lipinski definition) is 5. The van der Waals surface area contributed by atoms with Gasteiger partial charge in [0.2, 0.25) is 15.8 Å². The predicted molar refractivity (Wildman–Crippen MR) is 59.9 cm³/mol. The van der Waals surface area contributed by atoms with Crippen molar-refractivity contribution < 1.29 is 27.5 Å². The van der Waals surface area contributed by atoms with Crippen molar-refractivity contribution in [1.82, 2.24) is 4.72 Å². The van der Waals surface area contributed by atoms with Crippen LogP contribution < -0.4 is 4.72 Å². The minimum absolute atomic E-state index is 0.0545. The second-order valence-corrected chi connectivity index (χ2v) is 5.70. The van der Waals surface area contributed by atoms with Crippen LogP contribution in [-0.2, 0) is 14.8 Å². The first-order valence-electron chi connectivity index (χ1n) is 5.34. The summed E-state index contributed by atoms with van der Waals surface area (Å²) in [6.07, 6.45) is 0.599. The fourth-order valence-corrected chi connectivity index (χ4v) is 3.18. The smallest absolute Gasteiger partial charge is 0.371 e. The molecule has 0 spiro atoms. The van der Waals surface area contributed by atoms with E-state index in [2.05, 4.69) is 4.72 Å². The van der Waals surface area contributed by atoms with Crippen molar-refractivity contribution in [3.8, 4) is 0 Å². The van der Waals surface area contributed by atoms with Gasteiger partial charge < -0.3 is 14.3 Å². The molecule has 0 saturated carbocycles. The van der Waals surface area contributed by atoms with Crippen molar-refractivity contribution in [3.05, 3.63) is 17.6 Å². The largest absolute Gasteiger partial charge is 0.475 e. The molecule has 1 aromatic rings. The van der Waals surface area contributed by atoms with Gasteiger partial charge in [-0.1, -0.05) is 0 Å². The molecule has 1 unspecified atom stereocenters. The van der Waals surface area contributed by atoms with Crippen molar-refractivity contribution in [2.24, 2.45) is 0 Å². The highest BCUT2D eigenvalue weighted by molar-refractivity contribution is 7.89. The van der Waals surface area contributed by atoms with Gasteiger partial charge in [-0.3, -0.25) is 0 Å². The maximum absolute atomic E-state index is 12.0. The Morgan fingerprint density at radius 3 is 2.78 bits per heavy atom. The quantitative estimate of drug-likeness (QED) is 0.821.